The zero-order valence-corrected chi connectivity index (χ0v) is 16.0. The van der Waals surface area contributed by atoms with Crippen LogP contribution in [-0.2, 0) is 24.2 Å². The van der Waals surface area contributed by atoms with Crippen molar-refractivity contribution in [2.24, 2.45) is 0 Å². The molecule has 0 atom stereocenters. The van der Waals surface area contributed by atoms with Crippen molar-refractivity contribution in [3.8, 4) is 0 Å². The molecular formula is C22H25ClN2O. The highest BCUT2D eigenvalue weighted by Crippen LogP contribution is 2.25. The number of nitrogens with zero attached hydrogens (tertiary/aromatic N) is 2. The van der Waals surface area contributed by atoms with E-state index in [0.717, 1.165) is 49.6 Å². The fourth-order valence-electron chi connectivity index (χ4n) is 3.99. The van der Waals surface area contributed by atoms with Gasteiger partial charge in [0.2, 0.25) is 5.91 Å². The lowest BCUT2D eigenvalue weighted by atomic mass is 9.96. The summed E-state index contributed by atoms with van der Waals surface area (Å²) in [5.74, 6) is 0.270. The molecule has 0 aromatic heterocycles. The first kappa shape index (κ1) is 17.6. The number of carbonyl (C=O) groups excluding carboxylic acids is 1. The van der Waals surface area contributed by atoms with Gasteiger partial charge in [-0.3, -0.25) is 9.69 Å². The molecule has 4 heteroatoms. The molecule has 1 amide bonds. The predicted octanol–water partition coefficient (Wildman–Crippen LogP) is 3.85. The highest BCUT2D eigenvalue weighted by atomic mass is 35.5. The van der Waals surface area contributed by atoms with Gasteiger partial charge in [0.1, 0.15) is 0 Å². The summed E-state index contributed by atoms with van der Waals surface area (Å²) in [7, 11) is 0. The highest BCUT2D eigenvalue weighted by molar-refractivity contribution is 6.31. The van der Waals surface area contributed by atoms with Crippen LogP contribution in [0.5, 0.6) is 0 Å². The Morgan fingerprint density at radius 3 is 2.69 bits per heavy atom. The number of benzene rings is 2. The summed E-state index contributed by atoms with van der Waals surface area (Å²) in [5.41, 5.74) is 5.19. The summed E-state index contributed by atoms with van der Waals surface area (Å²) in [6.07, 6.45) is 2.49. The third kappa shape index (κ3) is 3.65. The first-order valence-electron chi connectivity index (χ1n) is 9.44. The molecule has 2 aliphatic heterocycles. The fourth-order valence-corrected chi connectivity index (χ4v) is 4.11. The van der Waals surface area contributed by atoms with E-state index in [4.69, 9.17) is 11.6 Å². The molecule has 0 bridgehead atoms. The highest BCUT2D eigenvalue weighted by Gasteiger charge is 2.35. The van der Waals surface area contributed by atoms with Crippen LogP contribution >= 0.6 is 11.6 Å². The van der Waals surface area contributed by atoms with Gasteiger partial charge in [0, 0.05) is 43.7 Å². The van der Waals surface area contributed by atoms with Crippen LogP contribution < -0.4 is 0 Å². The number of likely N-dealkylation sites (tertiary alicyclic amines) is 1. The van der Waals surface area contributed by atoms with E-state index in [1.54, 1.807) is 0 Å². The van der Waals surface area contributed by atoms with Gasteiger partial charge in [0.25, 0.3) is 0 Å². The molecule has 0 N–H and O–H groups in total. The van der Waals surface area contributed by atoms with Crippen molar-refractivity contribution in [3.05, 3.63) is 69.7 Å². The van der Waals surface area contributed by atoms with E-state index in [-0.39, 0.29) is 5.91 Å². The van der Waals surface area contributed by atoms with Crippen LogP contribution in [0.3, 0.4) is 0 Å². The minimum absolute atomic E-state index is 0.270. The Hall–Kier alpha value is -1.84. The molecule has 0 radical (unpaired) electrons. The zero-order valence-electron chi connectivity index (χ0n) is 15.2. The van der Waals surface area contributed by atoms with Gasteiger partial charge >= 0.3 is 0 Å². The van der Waals surface area contributed by atoms with Crippen LogP contribution in [0, 0.1) is 6.92 Å². The molecule has 3 nitrogen and oxygen atoms in total. The number of amides is 1. The van der Waals surface area contributed by atoms with Crippen molar-refractivity contribution >= 4 is 17.5 Å². The van der Waals surface area contributed by atoms with Gasteiger partial charge in [-0.25, -0.2) is 0 Å². The lowest BCUT2D eigenvalue weighted by molar-refractivity contribution is -0.138. The van der Waals surface area contributed by atoms with Crippen molar-refractivity contribution in [2.45, 2.75) is 38.8 Å². The minimum Gasteiger partial charge on any atom is -0.339 e. The number of aryl methyl sites for hydroxylation is 2. The molecule has 0 unspecified atom stereocenters. The first-order chi connectivity index (χ1) is 12.6. The van der Waals surface area contributed by atoms with Gasteiger partial charge in [-0.15, -0.1) is 0 Å². The Bertz CT molecular complexity index is 814. The normalized spacial score (nSPS) is 17.7. The zero-order chi connectivity index (χ0) is 18.1. The topological polar surface area (TPSA) is 23.6 Å². The van der Waals surface area contributed by atoms with Crippen molar-refractivity contribution in [3.63, 3.8) is 0 Å². The van der Waals surface area contributed by atoms with E-state index in [1.807, 2.05) is 24.0 Å². The monoisotopic (exact) mass is 368 g/mol. The van der Waals surface area contributed by atoms with Gasteiger partial charge in [0.15, 0.2) is 0 Å². The standard InChI is InChI=1S/C22H25ClN2O/c1-16-12-17(6-8-21(16)23)7-9-22(26)25-14-20(15-25)24-11-10-18-4-2-3-5-19(18)13-24/h2-6,8,12,20H,7,9-11,13-15H2,1H3. The number of rotatable bonds is 4. The maximum absolute atomic E-state index is 12.5. The Balaban J connectivity index is 1.25. The van der Waals surface area contributed by atoms with E-state index >= 15 is 0 Å². The lowest BCUT2D eigenvalue weighted by Gasteiger charge is -2.47. The van der Waals surface area contributed by atoms with E-state index < -0.39 is 0 Å². The summed E-state index contributed by atoms with van der Waals surface area (Å²) in [6, 6.07) is 15.3. The second kappa shape index (κ2) is 7.42. The third-order valence-electron chi connectivity index (χ3n) is 5.74. The largest absolute Gasteiger partial charge is 0.339 e. The molecule has 2 aromatic carbocycles. The lowest BCUT2D eigenvalue weighted by Crippen LogP contribution is -2.61. The average Bonchev–Trinajstić information content (AvgIpc) is 2.61. The van der Waals surface area contributed by atoms with E-state index in [0.29, 0.717) is 12.5 Å². The van der Waals surface area contributed by atoms with Crippen LogP contribution in [0.4, 0.5) is 0 Å². The Morgan fingerprint density at radius 1 is 1.15 bits per heavy atom. The van der Waals surface area contributed by atoms with E-state index in [1.165, 1.54) is 16.7 Å². The van der Waals surface area contributed by atoms with Crippen LogP contribution in [0.25, 0.3) is 0 Å². The van der Waals surface area contributed by atoms with Crippen molar-refractivity contribution in [2.75, 3.05) is 19.6 Å². The molecule has 4 rings (SSSR count). The Labute approximate surface area is 160 Å². The molecule has 26 heavy (non-hydrogen) atoms. The fraction of sp³-hybridized carbons (Fsp3) is 0.409. The summed E-state index contributed by atoms with van der Waals surface area (Å²) < 4.78 is 0. The van der Waals surface area contributed by atoms with Gasteiger partial charge in [-0.2, -0.15) is 0 Å². The number of fused-ring (bicyclic) bond motifs is 1. The smallest absolute Gasteiger partial charge is 0.223 e. The third-order valence-corrected chi connectivity index (χ3v) is 6.17. The number of hydrogen-bond acceptors (Lipinski definition) is 2. The van der Waals surface area contributed by atoms with Crippen molar-refractivity contribution in [1.29, 1.82) is 0 Å². The molecule has 0 saturated carbocycles. The van der Waals surface area contributed by atoms with Crippen molar-refractivity contribution in [1.82, 2.24) is 9.80 Å². The van der Waals surface area contributed by atoms with E-state index in [2.05, 4.69) is 35.2 Å². The van der Waals surface area contributed by atoms with Gasteiger partial charge < -0.3 is 4.90 Å². The summed E-state index contributed by atoms with van der Waals surface area (Å²) >= 11 is 6.07. The van der Waals surface area contributed by atoms with Crippen LogP contribution in [0.15, 0.2) is 42.5 Å². The van der Waals surface area contributed by atoms with Crippen LogP contribution in [0.1, 0.15) is 28.7 Å². The maximum Gasteiger partial charge on any atom is 0.223 e. The SMILES string of the molecule is Cc1cc(CCC(=O)N2CC(N3CCc4ccccc4C3)C2)ccc1Cl. The number of carbonyl (C=O) groups is 1. The van der Waals surface area contributed by atoms with Crippen LogP contribution in [-0.4, -0.2) is 41.4 Å². The second-order valence-corrected chi connectivity index (χ2v) is 7.93. The second-order valence-electron chi connectivity index (χ2n) is 7.53. The molecule has 1 fully saturated rings. The molecule has 2 heterocycles. The quantitative estimate of drug-likeness (QED) is 0.818. The predicted molar refractivity (Wildman–Crippen MR) is 105 cm³/mol. The van der Waals surface area contributed by atoms with Gasteiger partial charge in [0.05, 0.1) is 0 Å². The molecule has 136 valence electrons. The van der Waals surface area contributed by atoms with E-state index in [9.17, 15) is 4.79 Å². The first-order valence-corrected chi connectivity index (χ1v) is 9.81. The van der Waals surface area contributed by atoms with Crippen molar-refractivity contribution < 1.29 is 4.79 Å². The Morgan fingerprint density at radius 2 is 1.92 bits per heavy atom. The molecule has 1 saturated heterocycles. The van der Waals surface area contributed by atoms with Gasteiger partial charge in [-0.1, -0.05) is 48.0 Å². The summed E-state index contributed by atoms with van der Waals surface area (Å²) in [6.45, 7) is 5.88. The maximum atomic E-state index is 12.5. The number of halogens is 1. The molecule has 0 spiro atoms. The molecular weight excluding hydrogens is 344 g/mol. The summed E-state index contributed by atoms with van der Waals surface area (Å²) in [4.78, 5) is 17.0. The van der Waals surface area contributed by atoms with Gasteiger partial charge in [-0.05, 0) is 48.1 Å². The molecule has 2 aromatic rings. The minimum atomic E-state index is 0.270. The average molecular weight is 369 g/mol. The Kier molecular flexibility index (Phi) is 5.01. The van der Waals surface area contributed by atoms with Crippen LogP contribution in [0.2, 0.25) is 5.02 Å². The summed E-state index contributed by atoms with van der Waals surface area (Å²) in [5, 5.41) is 0.786. The number of hydrogen-bond donors (Lipinski definition) is 0. The molecule has 2 aliphatic rings. The molecule has 0 aliphatic carbocycles.